The van der Waals surface area contributed by atoms with Crippen LogP contribution in [-0.4, -0.2) is 12.7 Å². The van der Waals surface area contributed by atoms with E-state index in [0.717, 1.165) is 8.95 Å². The van der Waals surface area contributed by atoms with Crippen molar-refractivity contribution in [3.05, 3.63) is 27.1 Å². The van der Waals surface area contributed by atoms with Crippen LogP contribution in [-0.2, 0) is 0 Å². The Hall–Kier alpha value is 0.00494. The van der Waals surface area contributed by atoms with Crippen molar-refractivity contribution in [2.75, 3.05) is 0 Å². The highest BCUT2D eigenvalue weighted by molar-refractivity contribution is 9.11. The molecule has 1 rings (SSSR count). The summed E-state index contributed by atoms with van der Waals surface area (Å²) in [5.74, 6) is 0.578. The lowest BCUT2D eigenvalue weighted by atomic mass is 10.3. The quantitative estimate of drug-likeness (QED) is 0.840. The van der Waals surface area contributed by atoms with E-state index in [1.807, 2.05) is 6.07 Å². The van der Waals surface area contributed by atoms with E-state index in [-0.39, 0.29) is 0 Å². The van der Waals surface area contributed by atoms with Gasteiger partial charge in [-0.2, -0.15) is 0 Å². The van der Waals surface area contributed by atoms with Crippen LogP contribution in [0.25, 0.3) is 0 Å². The van der Waals surface area contributed by atoms with E-state index in [4.69, 9.17) is 9.68 Å². The van der Waals surface area contributed by atoms with E-state index in [2.05, 4.69) is 31.9 Å². The molecule has 0 atom stereocenters. The first-order valence-corrected chi connectivity index (χ1v) is 4.39. The average Bonchev–Trinajstić information content (AvgIpc) is 1.85. The standard InChI is InChI=1S/C6H4BBr2O2/c8-4-1-5(9)3-6(2-4)11-7-10/h1-3,10H. The largest absolute Gasteiger partial charge is 0.569 e. The highest BCUT2D eigenvalue weighted by Gasteiger charge is 1.97. The highest BCUT2D eigenvalue weighted by atomic mass is 79.9. The van der Waals surface area contributed by atoms with E-state index in [0.29, 0.717) is 13.4 Å². The second kappa shape index (κ2) is 4.14. The van der Waals surface area contributed by atoms with Gasteiger partial charge < -0.3 is 9.68 Å². The molecule has 0 heterocycles. The van der Waals surface area contributed by atoms with Gasteiger partial charge in [0.1, 0.15) is 5.75 Å². The molecule has 0 saturated heterocycles. The van der Waals surface area contributed by atoms with Crippen molar-refractivity contribution in [1.29, 1.82) is 0 Å². The first-order valence-electron chi connectivity index (χ1n) is 2.81. The summed E-state index contributed by atoms with van der Waals surface area (Å²) in [4.78, 5) is 0. The van der Waals surface area contributed by atoms with E-state index in [1.165, 1.54) is 0 Å². The van der Waals surface area contributed by atoms with Gasteiger partial charge >= 0.3 is 7.69 Å². The zero-order chi connectivity index (χ0) is 8.27. The zero-order valence-electron chi connectivity index (χ0n) is 5.42. The molecule has 0 fully saturated rings. The lowest BCUT2D eigenvalue weighted by Crippen LogP contribution is -1.99. The molecule has 0 saturated carbocycles. The van der Waals surface area contributed by atoms with Crippen LogP contribution in [0.3, 0.4) is 0 Å². The lowest BCUT2D eigenvalue weighted by molar-refractivity contribution is 0.453. The Morgan fingerprint density at radius 2 is 1.73 bits per heavy atom. The maximum absolute atomic E-state index is 8.32. The van der Waals surface area contributed by atoms with Gasteiger partial charge in [-0.05, 0) is 18.2 Å². The average molecular weight is 279 g/mol. The van der Waals surface area contributed by atoms with Crippen molar-refractivity contribution in [2.45, 2.75) is 0 Å². The summed E-state index contributed by atoms with van der Waals surface area (Å²) in [5, 5.41) is 8.32. The molecular weight excluding hydrogens is 275 g/mol. The molecular formula is C6H4BBr2O2. The second-order valence-electron chi connectivity index (χ2n) is 1.83. The summed E-state index contributed by atoms with van der Waals surface area (Å²) < 4.78 is 6.52. The van der Waals surface area contributed by atoms with Crippen LogP contribution in [0, 0.1) is 0 Å². The molecule has 1 N–H and O–H groups in total. The predicted molar refractivity (Wildman–Crippen MR) is 50.4 cm³/mol. The summed E-state index contributed by atoms with van der Waals surface area (Å²) in [6.45, 7) is 0. The lowest BCUT2D eigenvalue weighted by Gasteiger charge is -2.01. The maximum atomic E-state index is 8.32. The molecule has 0 amide bonds. The zero-order valence-corrected chi connectivity index (χ0v) is 8.59. The van der Waals surface area contributed by atoms with Crippen molar-refractivity contribution in [3.63, 3.8) is 0 Å². The predicted octanol–water partition coefficient (Wildman–Crippen LogP) is 2.12. The minimum atomic E-state index is 0.578. The SMILES string of the molecule is O[B]Oc1cc(Br)cc(Br)c1. The van der Waals surface area contributed by atoms with Crippen molar-refractivity contribution >= 4 is 39.5 Å². The monoisotopic (exact) mass is 277 g/mol. The van der Waals surface area contributed by atoms with E-state index < -0.39 is 0 Å². The Bertz CT molecular complexity index is 234. The topological polar surface area (TPSA) is 29.5 Å². The second-order valence-corrected chi connectivity index (χ2v) is 3.66. The third-order valence-corrected chi connectivity index (χ3v) is 1.94. The highest BCUT2D eigenvalue weighted by Crippen LogP contribution is 2.24. The van der Waals surface area contributed by atoms with Gasteiger partial charge in [-0.3, -0.25) is 0 Å². The summed E-state index contributed by atoms with van der Waals surface area (Å²) in [5.41, 5.74) is 0. The molecule has 1 radical (unpaired) electrons. The minimum Gasteiger partial charge on any atom is -0.537 e. The Balaban J connectivity index is 2.89. The fourth-order valence-corrected chi connectivity index (χ4v) is 1.91. The molecule has 0 unspecified atom stereocenters. The van der Waals surface area contributed by atoms with Gasteiger partial charge in [0.2, 0.25) is 0 Å². The summed E-state index contributed by atoms with van der Waals surface area (Å²) in [7, 11) is 0.647. The molecule has 0 aliphatic carbocycles. The van der Waals surface area contributed by atoms with Crippen molar-refractivity contribution in [3.8, 4) is 5.75 Å². The molecule has 0 aliphatic heterocycles. The number of rotatable bonds is 2. The van der Waals surface area contributed by atoms with Gasteiger partial charge in [0.15, 0.2) is 0 Å². The Morgan fingerprint density at radius 1 is 1.18 bits per heavy atom. The summed E-state index contributed by atoms with van der Waals surface area (Å²) in [6.07, 6.45) is 0. The fraction of sp³-hybridized carbons (Fsp3) is 0. The third-order valence-electron chi connectivity index (χ3n) is 1.02. The molecule has 0 aliphatic rings. The van der Waals surface area contributed by atoms with Gasteiger partial charge in [-0.15, -0.1) is 0 Å². The molecule has 57 valence electrons. The van der Waals surface area contributed by atoms with E-state index in [9.17, 15) is 0 Å². The summed E-state index contributed by atoms with van der Waals surface area (Å²) in [6, 6.07) is 5.37. The molecule has 11 heavy (non-hydrogen) atoms. The number of hydrogen-bond donors (Lipinski definition) is 1. The number of benzene rings is 1. The Labute approximate surface area is 82.1 Å². The third kappa shape index (κ3) is 2.85. The van der Waals surface area contributed by atoms with Crippen LogP contribution in [0.1, 0.15) is 0 Å². The number of hydrogen-bond acceptors (Lipinski definition) is 2. The molecule has 1 aromatic rings. The Kier molecular flexibility index (Phi) is 3.42. The van der Waals surface area contributed by atoms with E-state index >= 15 is 0 Å². The van der Waals surface area contributed by atoms with Crippen molar-refractivity contribution < 1.29 is 9.68 Å². The van der Waals surface area contributed by atoms with Crippen LogP contribution in [0.5, 0.6) is 5.75 Å². The Morgan fingerprint density at radius 3 is 2.18 bits per heavy atom. The molecule has 0 aromatic heterocycles. The van der Waals surface area contributed by atoms with Crippen LogP contribution < -0.4 is 4.65 Å². The van der Waals surface area contributed by atoms with Crippen molar-refractivity contribution in [2.24, 2.45) is 0 Å². The van der Waals surface area contributed by atoms with Gasteiger partial charge in [-0.1, -0.05) is 31.9 Å². The van der Waals surface area contributed by atoms with Crippen LogP contribution in [0.4, 0.5) is 0 Å². The van der Waals surface area contributed by atoms with Crippen LogP contribution in [0.15, 0.2) is 27.1 Å². The van der Waals surface area contributed by atoms with Crippen LogP contribution >= 0.6 is 31.9 Å². The summed E-state index contributed by atoms with van der Waals surface area (Å²) >= 11 is 6.55. The molecule has 0 bridgehead atoms. The van der Waals surface area contributed by atoms with Gasteiger partial charge in [0.05, 0.1) is 0 Å². The minimum absolute atomic E-state index is 0.578. The number of halogens is 2. The van der Waals surface area contributed by atoms with Crippen molar-refractivity contribution in [1.82, 2.24) is 0 Å². The fourth-order valence-electron chi connectivity index (χ4n) is 0.657. The maximum Gasteiger partial charge on any atom is 0.569 e. The first-order chi connectivity index (χ1) is 5.22. The molecule has 2 nitrogen and oxygen atoms in total. The van der Waals surface area contributed by atoms with Crippen LogP contribution in [0.2, 0.25) is 0 Å². The van der Waals surface area contributed by atoms with Gasteiger partial charge in [0, 0.05) is 8.95 Å². The van der Waals surface area contributed by atoms with E-state index in [1.54, 1.807) is 12.1 Å². The first kappa shape index (κ1) is 9.10. The molecule has 0 spiro atoms. The molecule has 5 heteroatoms. The van der Waals surface area contributed by atoms with Gasteiger partial charge in [0.25, 0.3) is 0 Å². The molecule has 1 aromatic carbocycles. The normalized spacial score (nSPS) is 9.36. The smallest absolute Gasteiger partial charge is 0.537 e. The van der Waals surface area contributed by atoms with Gasteiger partial charge in [-0.25, -0.2) is 0 Å².